The molecule has 2 unspecified atom stereocenters. The third-order valence-corrected chi connectivity index (χ3v) is 6.08. The number of rotatable bonds is 6. The summed E-state index contributed by atoms with van der Waals surface area (Å²) in [6.07, 6.45) is 2.00. The van der Waals surface area contributed by atoms with Crippen LogP contribution in [0.3, 0.4) is 0 Å². The lowest BCUT2D eigenvalue weighted by atomic mass is 9.81. The summed E-state index contributed by atoms with van der Waals surface area (Å²) in [5.74, 6) is -6.46. The van der Waals surface area contributed by atoms with E-state index in [0.29, 0.717) is 32.1 Å². The molecular formula is C21H29N5O2. The van der Waals surface area contributed by atoms with Gasteiger partial charge in [0, 0.05) is 53.3 Å². The summed E-state index contributed by atoms with van der Waals surface area (Å²) in [7, 11) is 0. The molecule has 2 amide bonds. The first-order valence-electron chi connectivity index (χ1n) is 13.2. The molecule has 6 atom stereocenters. The van der Waals surface area contributed by atoms with Crippen molar-refractivity contribution in [1.29, 1.82) is 0 Å². The van der Waals surface area contributed by atoms with E-state index in [2.05, 4.69) is 9.97 Å². The van der Waals surface area contributed by atoms with Crippen LogP contribution in [0.2, 0.25) is 0 Å². The van der Waals surface area contributed by atoms with Crippen molar-refractivity contribution in [2.24, 2.45) is 23.6 Å². The largest absolute Gasteiger partial charge is 0.338 e. The number of carbonyl (C=O) groups is 2. The highest BCUT2D eigenvalue weighted by molar-refractivity contribution is 6.06. The lowest BCUT2D eigenvalue weighted by molar-refractivity contribution is -0.140. The van der Waals surface area contributed by atoms with E-state index in [-0.39, 0.29) is 25.8 Å². The van der Waals surface area contributed by atoms with Crippen LogP contribution >= 0.6 is 0 Å². The molecule has 1 aromatic heterocycles. The molecule has 3 heterocycles. The highest BCUT2D eigenvalue weighted by atomic mass is 16.2. The maximum Gasteiger partial charge on any atom is 0.233 e. The molecule has 2 saturated carbocycles. The summed E-state index contributed by atoms with van der Waals surface area (Å²) < 4.78 is 51.0. The predicted octanol–water partition coefficient (Wildman–Crippen LogP) is 1.41. The Morgan fingerprint density at radius 3 is 2.32 bits per heavy atom. The van der Waals surface area contributed by atoms with E-state index in [1.807, 2.05) is 4.90 Å². The van der Waals surface area contributed by atoms with Gasteiger partial charge in [0.1, 0.15) is 0 Å². The average molecular weight is 390 g/mol. The van der Waals surface area contributed by atoms with Gasteiger partial charge in [0.15, 0.2) is 0 Å². The zero-order valence-corrected chi connectivity index (χ0v) is 15.8. The van der Waals surface area contributed by atoms with Crippen LogP contribution in [0.25, 0.3) is 0 Å². The number of fused-ring (bicyclic) bond motifs is 5. The Hall–Kier alpha value is -2.02. The molecular weight excluding hydrogens is 354 g/mol. The number of nitrogens with zero attached hydrogens (tertiary/aromatic N) is 5. The first-order chi connectivity index (χ1) is 16.0. The number of aromatic nitrogens is 2. The number of hydrogen-bond acceptors (Lipinski definition) is 6. The molecule has 0 radical (unpaired) electrons. The summed E-state index contributed by atoms with van der Waals surface area (Å²) >= 11 is 0. The van der Waals surface area contributed by atoms with Crippen molar-refractivity contribution in [3.8, 4) is 0 Å². The van der Waals surface area contributed by atoms with Gasteiger partial charge in [-0.15, -0.1) is 0 Å². The van der Waals surface area contributed by atoms with E-state index in [1.54, 1.807) is 23.4 Å². The zero-order chi connectivity index (χ0) is 24.5. The van der Waals surface area contributed by atoms with Crippen LogP contribution in [0.5, 0.6) is 0 Å². The summed E-state index contributed by atoms with van der Waals surface area (Å²) in [4.78, 5) is 39.4. The van der Waals surface area contributed by atoms with E-state index in [4.69, 9.17) is 8.22 Å². The minimum absolute atomic E-state index is 0.0545. The van der Waals surface area contributed by atoms with Crippen molar-refractivity contribution in [3.05, 3.63) is 18.5 Å². The van der Waals surface area contributed by atoms with E-state index in [0.717, 1.165) is 4.90 Å². The monoisotopic (exact) mass is 389 g/mol. The standard InChI is InChI=1S/C21H29N5O2/c27-19-17-15-4-5-16(14-15)18(17)20(28)26(19)9-2-1-8-24-10-12-25(13-11-24)21-22-6-3-7-23-21/h3,6-7,15-18H,1-2,4-5,8-14H2/t15-,16+,17-,18+/i4D,5D,8D2,17D,18D/t4?,5?,15-,16+,17-,18+. The van der Waals surface area contributed by atoms with Gasteiger partial charge in [-0.3, -0.25) is 19.4 Å². The Balaban J connectivity index is 1.19. The van der Waals surface area contributed by atoms with Gasteiger partial charge in [0.25, 0.3) is 0 Å². The molecule has 4 fully saturated rings. The first kappa shape index (κ1) is 12.5. The van der Waals surface area contributed by atoms with E-state index < -0.39 is 54.7 Å². The second-order valence-corrected chi connectivity index (χ2v) is 7.71. The molecule has 28 heavy (non-hydrogen) atoms. The number of imide groups is 1. The Morgan fingerprint density at radius 1 is 1.04 bits per heavy atom. The van der Waals surface area contributed by atoms with Gasteiger partial charge in [-0.05, 0) is 56.5 Å². The Bertz CT molecular complexity index is 942. The van der Waals surface area contributed by atoms with Gasteiger partial charge < -0.3 is 4.90 Å². The third-order valence-electron chi connectivity index (χ3n) is 6.08. The van der Waals surface area contributed by atoms with Crippen LogP contribution in [0.15, 0.2) is 18.5 Å². The van der Waals surface area contributed by atoms with E-state index in [9.17, 15) is 9.59 Å². The van der Waals surface area contributed by atoms with Crippen LogP contribution in [-0.2, 0) is 9.59 Å². The van der Waals surface area contributed by atoms with Crippen molar-refractivity contribution in [1.82, 2.24) is 19.8 Å². The van der Waals surface area contributed by atoms with Gasteiger partial charge in [-0.1, -0.05) is 0 Å². The SMILES string of the molecule is [2H]C1C([2H])[C@@H]2C[C@H]1[C@]1([2H])C(=O)N(CCCC([2H])([2H])N3CCN(c4ncccn4)CC3)C(=O)[C@]21[2H]. The minimum Gasteiger partial charge on any atom is -0.338 e. The Morgan fingerprint density at radius 2 is 1.68 bits per heavy atom. The molecule has 7 heteroatoms. The lowest BCUT2D eigenvalue weighted by Gasteiger charge is -2.34. The molecule has 1 aromatic rings. The smallest absolute Gasteiger partial charge is 0.233 e. The summed E-state index contributed by atoms with van der Waals surface area (Å²) in [5.41, 5.74) is 0. The van der Waals surface area contributed by atoms with Crippen molar-refractivity contribution in [3.63, 3.8) is 0 Å². The number of amides is 2. The van der Waals surface area contributed by atoms with Crippen molar-refractivity contribution < 1.29 is 17.8 Å². The Kier molecular flexibility index (Phi) is 3.32. The third kappa shape index (κ3) is 3.09. The van der Waals surface area contributed by atoms with E-state index in [1.165, 1.54) is 0 Å². The number of piperazine rings is 1. The molecule has 7 nitrogen and oxygen atoms in total. The zero-order valence-electron chi connectivity index (χ0n) is 21.8. The molecule has 0 N–H and O–H groups in total. The molecule has 0 aromatic carbocycles. The first-order valence-corrected chi connectivity index (χ1v) is 10.0. The highest BCUT2D eigenvalue weighted by Gasteiger charge is 2.60. The molecule has 150 valence electrons. The normalized spacial score (nSPS) is 46.6. The number of hydrogen-bond donors (Lipinski definition) is 0. The maximum absolute atomic E-state index is 13.1. The Labute approximate surface area is 174 Å². The second kappa shape index (κ2) is 7.43. The van der Waals surface area contributed by atoms with Crippen molar-refractivity contribution >= 4 is 17.8 Å². The number of carbonyl (C=O) groups excluding carboxylic acids is 2. The number of anilines is 1. The van der Waals surface area contributed by atoms with Crippen LogP contribution in [-0.4, -0.2) is 70.8 Å². The van der Waals surface area contributed by atoms with Gasteiger partial charge in [0.2, 0.25) is 17.8 Å². The number of likely N-dealkylation sites (tertiary alicyclic amines) is 1. The molecule has 0 spiro atoms. The summed E-state index contributed by atoms with van der Waals surface area (Å²) in [6, 6.07) is 1.74. The van der Waals surface area contributed by atoms with Gasteiger partial charge >= 0.3 is 0 Å². The molecule has 2 aliphatic heterocycles. The highest BCUT2D eigenvalue weighted by Crippen LogP contribution is 2.56. The summed E-state index contributed by atoms with van der Waals surface area (Å²) in [6.45, 7) is 0.442. The molecule has 2 bridgehead atoms. The maximum atomic E-state index is 13.1. The predicted molar refractivity (Wildman–Crippen MR) is 104 cm³/mol. The van der Waals surface area contributed by atoms with Gasteiger partial charge in [-0.2, -0.15) is 0 Å². The van der Waals surface area contributed by atoms with Crippen molar-refractivity contribution in [2.45, 2.75) is 32.1 Å². The minimum atomic E-state index is -2.01. The van der Waals surface area contributed by atoms with Crippen LogP contribution in [0, 0.1) is 23.6 Å². The fourth-order valence-electron chi connectivity index (χ4n) is 4.65. The van der Waals surface area contributed by atoms with E-state index >= 15 is 0 Å². The quantitative estimate of drug-likeness (QED) is 0.685. The summed E-state index contributed by atoms with van der Waals surface area (Å²) in [5, 5.41) is 0. The van der Waals surface area contributed by atoms with Gasteiger partial charge in [0.05, 0.1) is 11.8 Å². The lowest BCUT2D eigenvalue weighted by Crippen LogP contribution is -2.47. The van der Waals surface area contributed by atoms with Crippen LogP contribution < -0.4 is 4.90 Å². The molecule has 2 saturated heterocycles. The second-order valence-electron chi connectivity index (χ2n) is 7.71. The average Bonchev–Trinajstić information content (AvgIpc) is 3.32. The van der Waals surface area contributed by atoms with Gasteiger partial charge in [-0.25, -0.2) is 9.97 Å². The molecule has 2 aliphatic carbocycles. The van der Waals surface area contributed by atoms with Crippen molar-refractivity contribution in [2.75, 3.05) is 44.1 Å². The topological polar surface area (TPSA) is 69.6 Å². The molecule has 4 aliphatic rings. The fraction of sp³-hybridized carbons (Fsp3) is 0.714. The van der Waals surface area contributed by atoms with Crippen LogP contribution in [0.4, 0.5) is 5.95 Å². The van der Waals surface area contributed by atoms with Crippen LogP contribution in [0.1, 0.15) is 40.3 Å². The fourth-order valence-corrected chi connectivity index (χ4v) is 4.65. The molecule has 5 rings (SSSR count).